The molecule has 0 bridgehead atoms. The number of pyridine rings is 2. The molecule has 3 aromatic heterocycles. The molecule has 0 saturated heterocycles. The van der Waals surface area contributed by atoms with E-state index in [1.165, 1.54) is 25.3 Å². The van der Waals surface area contributed by atoms with Gasteiger partial charge in [0.15, 0.2) is 17.0 Å². The maximum atomic E-state index is 14.8. The Bertz CT molecular complexity index is 1190. The van der Waals surface area contributed by atoms with Gasteiger partial charge in [-0.3, -0.25) is 4.79 Å². The van der Waals surface area contributed by atoms with Crippen molar-refractivity contribution in [3.63, 3.8) is 0 Å². The van der Waals surface area contributed by atoms with E-state index in [4.69, 9.17) is 11.6 Å². The lowest BCUT2D eigenvalue weighted by atomic mass is 10.0. The summed E-state index contributed by atoms with van der Waals surface area (Å²) in [5.74, 6) is -0.549. The third-order valence-corrected chi connectivity index (χ3v) is 4.17. The van der Waals surface area contributed by atoms with Crippen LogP contribution in [0.3, 0.4) is 0 Å². The van der Waals surface area contributed by atoms with Crippen LogP contribution in [0.1, 0.15) is 5.69 Å². The van der Waals surface area contributed by atoms with Gasteiger partial charge in [0, 0.05) is 23.4 Å². The third kappa shape index (κ3) is 2.74. The topological polar surface area (TPSA) is 71.5 Å². The summed E-state index contributed by atoms with van der Waals surface area (Å²) in [6, 6.07) is 12.0. The van der Waals surface area contributed by atoms with E-state index in [-0.39, 0.29) is 33.0 Å². The molecule has 0 fully saturated rings. The van der Waals surface area contributed by atoms with E-state index in [9.17, 15) is 9.18 Å². The molecule has 5 nitrogen and oxygen atoms in total. The molecule has 3 heterocycles. The van der Waals surface area contributed by atoms with Gasteiger partial charge >= 0.3 is 0 Å². The SMILES string of the molecule is Cc1nc(Cl)cc(-c2nc3c(=O)cc[nH]c3nc2-c2ccccc2)c1F. The average molecular weight is 367 g/mol. The predicted octanol–water partition coefficient (Wildman–Crippen LogP) is 4.15. The van der Waals surface area contributed by atoms with Crippen LogP contribution in [0.4, 0.5) is 4.39 Å². The molecule has 1 aromatic carbocycles. The van der Waals surface area contributed by atoms with Crippen LogP contribution in [0.5, 0.6) is 0 Å². The zero-order valence-electron chi connectivity index (χ0n) is 13.6. The first-order valence-corrected chi connectivity index (χ1v) is 8.20. The summed E-state index contributed by atoms with van der Waals surface area (Å²) in [4.78, 5) is 28.0. The van der Waals surface area contributed by atoms with Crippen molar-refractivity contribution >= 4 is 22.8 Å². The van der Waals surface area contributed by atoms with Crippen molar-refractivity contribution in [2.45, 2.75) is 6.92 Å². The second-order valence-corrected chi connectivity index (χ2v) is 6.11. The van der Waals surface area contributed by atoms with Crippen LogP contribution in [-0.4, -0.2) is 19.9 Å². The fourth-order valence-electron chi connectivity index (χ4n) is 2.76. The van der Waals surface area contributed by atoms with E-state index in [0.29, 0.717) is 11.3 Å². The molecule has 0 aliphatic carbocycles. The lowest BCUT2D eigenvalue weighted by molar-refractivity contribution is 0.613. The van der Waals surface area contributed by atoms with E-state index in [1.807, 2.05) is 30.3 Å². The fraction of sp³-hybridized carbons (Fsp3) is 0.0526. The monoisotopic (exact) mass is 366 g/mol. The number of hydrogen-bond donors (Lipinski definition) is 1. The van der Waals surface area contributed by atoms with Crippen molar-refractivity contribution in [1.29, 1.82) is 0 Å². The number of halogens is 2. The van der Waals surface area contributed by atoms with Gasteiger partial charge in [0.05, 0.1) is 11.4 Å². The molecular formula is C19H12ClFN4O. The molecule has 4 rings (SSSR count). The Kier molecular flexibility index (Phi) is 3.97. The van der Waals surface area contributed by atoms with Gasteiger partial charge in [-0.1, -0.05) is 41.9 Å². The molecule has 0 amide bonds. The molecule has 0 saturated carbocycles. The zero-order valence-corrected chi connectivity index (χ0v) is 14.4. The van der Waals surface area contributed by atoms with Crippen LogP contribution in [0.25, 0.3) is 33.7 Å². The second-order valence-electron chi connectivity index (χ2n) is 5.72. The maximum Gasteiger partial charge on any atom is 0.209 e. The third-order valence-electron chi connectivity index (χ3n) is 3.98. The second kappa shape index (κ2) is 6.31. The first-order chi connectivity index (χ1) is 12.5. The summed E-state index contributed by atoms with van der Waals surface area (Å²) in [5.41, 5.74) is 1.89. The number of aromatic amines is 1. The molecule has 4 aromatic rings. The normalized spacial score (nSPS) is 11.0. The smallest absolute Gasteiger partial charge is 0.209 e. The summed E-state index contributed by atoms with van der Waals surface area (Å²) in [5, 5.41) is 0.141. The van der Waals surface area contributed by atoms with Gasteiger partial charge in [-0.25, -0.2) is 19.3 Å². The van der Waals surface area contributed by atoms with Gasteiger partial charge in [-0.2, -0.15) is 0 Å². The van der Waals surface area contributed by atoms with Gasteiger partial charge in [0.2, 0.25) is 5.43 Å². The van der Waals surface area contributed by atoms with Crippen LogP contribution in [-0.2, 0) is 0 Å². The van der Waals surface area contributed by atoms with E-state index in [1.54, 1.807) is 0 Å². The van der Waals surface area contributed by atoms with Crippen molar-refractivity contribution in [2.24, 2.45) is 0 Å². The van der Waals surface area contributed by atoms with Crippen molar-refractivity contribution in [1.82, 2.24) is 19.9 Å². The first-order valence-electron chi connectivity index (χ1n) is 7.82. The molecule has 0 unspecified atom stereocenters. The average Bonchev–Trinajstić information content (AvgIpc) is 2.65. The summed E-state index contributed by atoms with van der Waals surface area (Å²) >= 11 is 6.03. The summed E-state index contributed by atoms with van der Waals surface area (Å²) in [6.07, 6.45) is 1.50. The highest BCUT2D eigenvalue weighted by Crippen LogP contribution is 2.33. The Morgan fingerprint density at radius 2 is 1.81 bits per heavy atom. The van der Waals surface area contributed by atoms with Crippen LogP contribution < -0.4 is 5.43 Å². The molecular weight excluding hydrogens is 355 g/mol. The maximum absolute atomic E-state index is 14.8. The molecule has 7 heteroatoms. The van der Waals surface area contributed by atoms with Crippen molar-refractivity contribution in [3.05, 3.63) is 75.5 Å². The van der Waals surface area contributed by atoms with Gasteiger partial charge in [-0.05, 0) is 13.0 Å². The van der Waals surface area contributed by atoms with Gasteiger partial charge < -0.3 is 4.98 Å². The van der Waals surface area contributed by atoms with Gasteiger partial charge in [0.1, 0.15) is 10.8 Å². The Labute approximate surface area is 152 Å². The number of hydrogen-bond acceptors (Lipinski definition) is 4. The van der Waals surface area contributed by atoms with E-state index in [0.717, 1.165) is 5.56 Å². The Hall–Kier alpha value is -3.12. The molecule has 26 heavy (non-hydrogen) atoms. The van der Waals surface area contributed by atoms with E-state index in [2.05, 4.69) is 19.9 Å². The minimum atomic E-state index is -0.549. The molecule has 0 aliphatic heterocycles. The predicted molar refractivity (Wildman–Crippen MR) is 98.5 cm³/mol. The first kappa shape index (κ1) is 16.4. The fourth-order valence-corrected chi connectivity index (χ4v) is 3.00. The quantitative estimate of drug-likeness (QED) is 0.541. The molecule has 0 spiro atoms. The minimum Gasteiger partial charge on any atom is -0.345 e. The standard InChI is InChI=1S/C19H12ClFN4O/c1-10-15(21)12(9-14(20)23-10)17-16(11-5-3-2-4-6-11)25-19-18(24-17)13(26)7-8-22-19/h2-9H,1H3,(H,22,25,26). The molecule has 128 valence electrons. The largest absolute Gasteiger partial charge is 0.345 e. The minimum absolute atomic E-state index is 0.132. The van der Waals surface area contributed by atoms with Crippen LogP contribution in [0.2, 0.25) is 5.15 Å². The Morgan fingerprint density at radius 3 is 2.58 bits per heavy atom. The highest BCUT2D eigenvalue weighted by atomic mass is 35.5. The van der Waals surface area contributed by atoms with Crippen LogP contribution in [0, 0.1) is 12.7 Å². The van der Waals surface area contributed by atoms with Crippen molar-refractivity contribution in [3.8, 4) is 22.5 Å². The number of aryl methyl sites for hydroxylation is 1. The molecule has 0 atom stereocenters. The highest BCUT2D eigenvalue weighted by Gasteiger charge is 2.19. The number of benzene rings is 1. The molecule has 0 aliphatic rings. The van der Waals surface area contributed by atoms with Crippen molar-refractivity contribution < 1.29 is 4.39 Å². The number of H-pyrrole nitrogens is 1. The number of nitrogens with zero attached hydrogens (tertiary/aromatic N) is 3. The lowest BCUT2D eigenvalue weighted by Gasteiger charge is -2.12. The van der Waals surface area contributed by atoms with Gasteiger partial charge in [0.25, 0.3) is 0 Å². The van der Waals surface area contributed by atoms with Crippen molar-refractivity contribution in [2.75, 3.05) is 0 Å². The highest BCUT2D eigenvalue weighted by molar-refractivity contribution is 6.29. The zero-order chi connectivity index (χ0) is 18.3. The number of aromatic nitrogens is 4. The molecule has 1 N–H and O–H groups in total. The lowest BCUT2D eigenvalue weighted by Crippen LogP contribution is -2.07. The Balaban J connectivity index is 2.13. The summed E-state index contributed by atoms with van der Waals surface area (Å²) < 4.78 is 14.8. The van der Waals surface area contributed by atoms with Gasteiger partial charge in [-0.15, -0.1) is 0 Å². The summed E-state index contributed by atoms with van der Waals surface area (Å²) in [6.45, 7) is 1.52. The summed E-state index contributed by atoms with van der Waals surface area (Å²) in [7, 11) is 0. The number of rotatable bonds is 2. The molecule has 0 radical (unpaired) electrons. The van der Waals surface area contributed by atoms with E-state index >= 15 is 0 Å². The Morgan fingerprint density at radius 1 is 1.04 bits per heavy atom. The van der Waals surface area contributed by atoms with Crippen LogP contribution in [0.15, 0.2) is 53.5 Å². The number of nitrogens with one attached hydrogen (secondary N) is 1. The number of fused-ring (bicyclic) bond motifs is 1. The van der Waals surface area contributed by atoms with Crippen LogP contribution >= 0.6 is 11.6 Å². The van der Waals surface area contributed by atoms with E-state index < -0.39 is 5.82 Å².